The van der Waals surface area contributed by atoms with Gasteiger partial charge in [-0.3, -0.25) is 9.78 Å². The van der Waals surface area contributed by atoms with E-state index < -0.39 is 24.2 Å². The molecule has 0 unspecified atom stereocenters. The molecule has 4 heterocycles. The first kappa shape index (κ1) is 29.1. The number of carbonyl (C=O) groups excluding carboxylic acids is 1. The van der Waals surface area contributed by atoms with Crippen molar-refractivity contribution in [2.75, 3.05) is 11.9 Å². The third-order valence-electron chi connectivity index (χ3n) is 7.58. The van der Waals surface area contributed by atoms with Crippen LogP contribution >= 0.6 is 0 Å². The van der Waals surface area contributed by atoms with E-state index in [9.17, 15) is 28.3 Å². The van der Waals surface area contributed by atoms with Gasteiger partial charge in [-0.1, -0.05) is 0 Å². The Morgan fingerprint density at radius 2 is 1.93 bits per heavy atom. The predicted octanol–water partition coefficient (Wildman–Crippen LogP) is 4.84. The molecular weight excluding hydrogens is 549 g/mol. The maximum atomic E-state index is 14.4. The van der Waals surface area contributed by atoms with Gasteiger partial charge in [0.05, 0.1) is 57.8 Å². The summed E-state index contributed by atoms with van der Waals surface area (Å²) in [5.41, 5.74) is 2.02. The SMILES string of the molecule is CC(C)(O)[C@H](F)CNC(=O)c1cnc(-c2ccc3cc(C#N)cnn23)cc1N[C@H]1CC[C@H](c2ccn(C(F)F)n2)CC1. The largest absolute Gasteiger partial charge is 0.387 e. The number of hydrogen-bond donors (Lipinski definition) is 3. The third kappa shape index (κ3) is 6.23. The van der Waals surface area contributed by atoms with Gasteiger partial charge < -0.3 is 15.7 Å². The predicted molar refractivity (Wildman–Crippen MR) is 149 cm³/mol. The quantitative estimate of drug-likeness (QED) is 0.258. The lowest BCUT2D eigenvalue weighted by molar-refractivity contribution is -0.00178. The van der Waals surface area contributed by atoms with Crippen LogP contribution in [0.4, 0.5) is 18.9 Å². The molecule has 1 aliphatic carbocycles. The molecule has 13 heteroatoms. The van der Waals surface area contributed by atoms with Crippen molar-refractivity contribution in [2.24, 2.45) is 0 Å². The first-order valence-corrected chi connectivity index (χ1v) is 13.7. The van der Waals surface area contributed by atoms with Gasteiger partial charge in [0.1, 0.15) is 12.2 Å². The second-order valence-corrected chi connectivity index (χ2v) is 11.0. The van der Waals surface area contributed by atoms with E-state index in [0.29, 0.717) is 51.4 Å². The van der Waals surface area contributed by atoms with Crippen LogP contribution in [0.3, 0.4) is 0 Å². The minimum atomic E-state index is -2.68. The van der Waals surface area contributed by atoms with Crippen LogP contribution in [0.15, 0.2) is 48.9 Å². The number of pyridine rings is 1. The summed E-state index contributed by atoms with van der Waals surface area (Å²) >= 11 is 0. The summed E-state index contributed by atoms with van der Waals surface area (Å²) in [5, 5.41) is 33.5. The van der Waals surface area contributed by atoms with Crippen LogP contribution in [-0.4, -0.2) is 59.8 Å². The third-order valence-corrected chi connectivity index (χ3v) is 7.58. The number of nitriles is 1. The lowest BCUT2D eigenvalue weighted by atomic mass is 9.84. The average Bonchev–Trinajstić information content (AvgIpc) is 3.63. The molecule has 0 bridgehead atoms. The number of aromatic nitrogens is 5. The molecule has 4 aromatic heterocycles. The molecule has 1 atom stereocenters. The molecule has 5 rings (SSSR count). The fourth-order valence-corrected chi connectivity index (χ4v) is 5.11. The smallest absolute Gasteiger partial charge is 0.333 e. The zero-order chi connectivity index (χ0) is 30.0. The highest BCUT2D eigenvalue weighted by Gasteiger charge is 2.29. The van der Waals surface area contributed by atoms with Crippen molar-refractivity contribution in [2.45, 2.75) is 69.8 Å². The Kier molecular flexibility index (Phi) is 8.17. The van der Waals surface area contributed by atoms with Gasteiger partial charge in [-0.15, -0.1) is 0 Å². The summed E-state index contributed by atoms with van der Waals surface area (Å²) in [6.45, 7) is -0.401. The minimum Gasteiger partial charge on any atom is -0.387 e. The Morgan fingerprint density at radius 3 is 2.60 bits per heavy atom. The molecule has 0 aliphatic heterocycles. The van der Waals surface area contributed by atoms with Crippen molar-refractivity contribution in [3.63, 3.8) is 0 Å². The second kappa shape index (κ2) is 11.8. The summed E-state index contributed by atoms with van der Waals surface area (Å²) in [7, 11) is 0. The van der Waals surface area contributed by atoms with Gasteiger partial charge in [0, 0.05) is 24.4 Å². The zero-order valence-corrected chi connectivity index (χ0v) is 23.1. The lowest BCUT2D eigenvalue weighted by Gasteiger charge is -2.29. The van der Waals surface area contributed by atoms with E-state index in [1.165, 1.54) is 32.4 Å². The van der Waals surface area contributed by atoms with Crippen LogP contribution in [0.25, 0.3) is 16.9 Å². The average molecular weight is 581 g/mol. The monoisotopic (exact) mass is 580 g/mol. The van der Waals surface area contributed by atoms with Gasteiger partial charge in [0.15, 0.2) is 0 Å². The van der Waals surface area contributed by atoms with Gasteiger partial charge in [-0.2, -0.15) is 24.2 Å². The van der Waals surface area contributed by atoms with Crippen molar-refractivity contribution in [1.29, 1.82) is 5.26 Å². The molecule has 0 spiro atoms. The molecular formula is C29H31F3N8O2. The highest BCUT2D eigenvalue weighted by Crippen LogP contribution is 2.35. The summed E-state index contributed by atoms with van der Waals surface area (Å²) in [6.07, 6.45) is 5.35. The van der Waals surface area contributed by atoms with Crippen molar-refractivity contribution < 1.29 is 23.1 Å². The topological polar surface area (TPSA) is 133 Å². The standard InChI is InChI=1S/C29H31F3N8O2/c1-29(2,42)26(30)16-35-27(41)21-15-34-24(25-8-7-20-11-17(13-33)14-36-40(20)25)12-23(21)37-19-5-3-18(4-6-19)22-9-10-39(38-22)28(31)32/h7-12,14-15,18-19,26,28,42H,3-6,16H2,1-2H3,(H,34,37)(H,35,41)/t18-,19-,26-/m1/s1. The van der Waals surface area contributed by atoms with Crippen LogP contribution < -0.4 is 10.6 Å². The molecule has 1 aliphatic rings. The number of rotatable bonds is 9. The van der Waals surface area contributed by atoms with Crippen molar-refractivity contribution in [3.8, 4) is 17.5 Å². The van der Waals surface area contributed by atoms with Crippen LogP contribution in [0.1, 0.15) is 73.6 Å². The number of anilines is 1. The van der Waals surface area contributed by atoms with E-state index in [-0.39, 0.29) is 24.1 Å². The Hall–Kier alpha value is -4.44. The number of halogens is 3. The number of alkyl halides is 3. The van der Waals surface area contributed by atoms with Gasteiger partial charge in [0.25, 0.3) is 5.91 Å². The van der Waals surface area contributed by atoms with Crippen LogP contribution in [0.2, 0.25) is 0 Å². The highest BCUT2D eigenvalue weighted by atomic mass is 19.3. The molecule has 4 aromatic rings. The van der Waals surface area contributed by atoms with Crippen molar-refractivity contribution in [1.82, 2.24) is 29.7 Å². The Morgan fingerprint density at radius 1 is 1.17 bits per heavy atom. The number of fused-ring (bicyclic) bond motifs is 1. The van der Waals surface area contributed by atoms with Crippen molar-refractivity contribution >= 4 is 17.1 Å². The van der Waals surface area contributed by atoms with Crippen LogP contribution in [0, 0.1) is 11.3 Å². The highest BCUT2D eigenvalue weighted by molar-refractivity contribution is 6.00. The number of aliphatic hydroxyl groups is 1. The number of nitrogens with zero attached hydrogens (tertiary/aromatic N) is 6. The van der Waals surface area contributed by atoms with Crippen LogP contribution in [0.5, 0.6) is 0 Å². The van der Waals surface area contributed by atoms with Crippen molar-refractivity contribution in [3.05, 3.63) is 65.7 Å². The summed E-state index contributed by atoms with van der Waals surface area (Å²) in [5.74, 6) is -0.495. The fraction of sp³-hybridized carbons (Fsp3) is 0.414. The minimum absolute atomic E-state index is 0.0223. The van der Waals surface area contributed by atoms with E-state index in [0.717, 1.165) is 12.8 Å². The maximum absolute atomic E-state index is 14.4. The second-order valence-electron chi connectivity index (χ2n) is 11.0. The van der Waals surface area contributed by atoms with Gasteiger partial charge >= 0.3 is 6.55 Å². The summed E-state index contributed by atoms with van der Waals surface area (Å²) in [4.78, 5) is 17.6. The zero-order valence-electron chi connectivity index (χ0n) is 23.1. The van der Waals surface area contributed by atoms with E-state index in [2.05, 4.69) is 31.9 Å². The van der Waals surface area contributed by atoms with Crippen LogP contribution in [-0.2, 0) is 0 Å². The number of carbonyl (C=O) groups is 1. The first-order chi connectivity index (χ1) is 20.0. The molecule has 1 fully saturated rings. The molecule has 1 saturated carbocycles. The Balaban J connectivity index is 1.38. The number of hydrogen-bond acceptors (Lipinski definition) is 7. The van der Waals surface area contributed by atoms with E-state index >= 15 is 0 Å². The molecule has 220 valence electrons. The van der Waals surface area contributed by atoms with Gasteiger partial charge in [0.2, 0.25) is 0 Å². The van der Waals surface area contributed by atoms with Gasteiger partial charge in [-0.25, -0.2) is 13.6 Å². The summed E-state index contributed by atoms with van der Waals surface area (Å²) in [6, 6.07) is 10.7. The maximum Gasteiger partial charge on any atom is 0.333 e. The molecule has 1 amide bonds. The summed E-state index contributed by atoms with van der Waals surface area (Å²) < 4.78 is 42.6. The molecule has 3 N–H and O–H groups in total. The number of nitrogens with one attached hydrogen (secondary N) is 2. The normalized spacial score (nSPS) is 18.1. The van der Waals surface area contributed by atoms with Gasteiger partial charge in [-0.05, 0) is 69.9 Å². The van der Waals surface area contributed by atoms with E-state index in [4.69, 9.17) is 0 Å². The molecule has 0 aromatic carbocycles. The Labute approximate surface area is 240 Å². The van der Waals surface area contributed by atoms with E-state index in [1.54, 1.807) is 22.7 Å². The fourth-order valence-electron chi connectivity index (χ4n) is 5.11. The molecule has 0 radical (unpaired) electrons. The van der Waals surface area contributed by atoms with E-state index in [1.807, 2.05) is 12.1 Å². The molecule has 10 nitrogen and oxygen atoms in total. The lowest BCUT2D eigenvalue weighted by Crippen LogP contribution is -2.42. The Bertz CT molecular complexity index is 1610. The molecule has 0 saturated heterocycles. The number of amides is 1. The molecule has 42 heavy (non-hydrogen) atoms. The first-order valence-electron chi connectivity index (χ1n) is 13.7.